The number of pyridine rings is 1. The van der Waals surface area contributed by atoms with Gasteiger partial charge in [0.1, 0.15) is 6.04 Å². The number of hydrogen-bond acceptors (Lipinski definition) is 3. The van der Waals surface area contributed by atoms with Gasteiger partial charge in [0.15, 0.2) is 6.10 Å². The number of alkyl carbamates (subject to hydrolysis) is 1. The third-order valence-corrected chi connectivity index (χ3v) is 4.59. The van der Waals surface area contributed by atoms with Gasteiger partial charge >= 0.3 is 6.09 Å². The van der Waals surface area contributed by atoms with E-state index in [1.165, 1.54) is 0 Å². The molecular formula is C20H15ClN2O2. The molecule has 1 saturated heterocycles. The second-order valence-electron chi connectivity index (χ2n) is 5.84. The topological polar surface area (TPSA) is 51.2 Å². The van der Waals surface area contributed by atoms with E-state index in [4.69, 9.17) is 16.3 Å². The second kappa shape index (κ2) is 6.57. The Hall–Kier alpha value is -2.85. The van der Waals surface area contributed by atoms with E-state index in [0.717, 1.165) is 22.3 Å². The highest BCUT2D eigenvalue weighted by atomic mass is 35.5. The number of nitrogens with zero attached hydrogens (tertiary/aromatic N) is 1. The van der Waals surface area contributed by atoms with Crippen molar-refractivity contribution in [3.05, 3.63) is 89.2 Å². The molecule has 124 valence electrons. The predicted octanol–water partition coefficient (Wildman–Crippen LogP) is 4.92. The van der Waals surface area contributed by atoms with Crippen LogP contribution in [0.1, 0.15) is 23.3 Å². The van der Waals surface area contributed by atoms with E-state index in [9.17, 15) is 4.79 Å². The van der Waals surface area contributed by atoms with Crippen LogP contribution in [0.25, 0.3) is 11.1 Å². The third kappa shape index (κ3) is 3.08. The Morgan fingerprint density at radius 1 is 0.960 bits per heavy atom. The van der Waals surface area contributed by atoms with Crippen molar-refractivity contribution in [1.82, 2.24) is 10.3 Å². The summed E-state index contributed by atoms with van der Waals surface area (Å²) in [4.78, 5) is 16.2. The SMILES string of the molecule is O=C1N[C@@H](c2cncc(-c3ccccc3)c2)[C@H](c2ccccc2Cl)O1. The number of benzene rings is 2. The molecule has 0 unspecified atom stereocenters. The number of nitrogens with one attached hydrogen (secondary N) is 1. The standard InChI is InChI=1S/C20H15ClN2O2/c21-17-9-5-4-8-16(17)19-18(23-20(24)25-19)15-10-14(11-22-12-15)13-6-2-1-3-7-13/h1-12,18-19H,(H,23,24)/t18-,19-/m0/s1. The number of amides is 1. The first-order valence-electron chi connectivity index (χ1n) is 7.94. The highest BCUT2D eigenvalue weighted by Gasteiger charge is 2.37. The zero-order valence-electron chi connectivity index (χ0n) is 13.2. The van der Waals surface area contributed by atoms with Crippen LogP contribution in [0.2, 0.25) is 5.02 Å². The first-order valence-corrected chi connectivity index (χ1v) is 8.32. The Kier molecular flexibility index (Phi) is 4.12. The zero-order chi connectivity index (χ0) is 17.2. The first-order chi connectivity index (χ1) is 12.2. The van der Waals surface area contributed by atoms with E-state index >= 15 is 0 Å². The molecule has 4 nitrogen and oxygen atoms in total. The van der Waals surface area contributed by atoms with Crippen LogP contribution < -0.4 is 5.32 Å². The maximum Gasteiger partial charge on any atom is 0.408 e. The van der Waals surface area contributed by atoms with E-state index in [-0.39, 0.29) is 6.04 Å². The molecule has 0 bridgehead atoms. The lowest BCUT2D eigenvalue weighted by molar-refractivity contribution is 0.132. The van der Waals surface area contributed by atoms with Crippen LogP contribution in [0.15, 0.2) is 73.1 Å². The molecule has 0 radical (unpaired) electrons. The van der Waals surface area contributed by atoms with E-state index < -0.39 is 12.2 Å². The molecule has 2 atom stereocenters. The van der Waals surface area contributed by atoms with Gasteiger partial charge in [-0.2, -0.15) is 0 Å². The third-order valence-electron chi connectivity index (χ3n) is 4.25. The fourth-order valence-electron chi connectivity index (χ4n) is 3.04. The van der Waals surface area contributed by atoms with Crippen molar-refractivity contribution in [3.8, 4) is 11.1 Å². The van der Waals surface area contributed by atoms with Gasteiger partial charge in [0.25, 0.3) is 0 Å². The van der Waals surface area contributed by atoms with E-state index in [0.29, 0.717) is 5.02 Å². The van der Waals surface area contributed by atoms with Crippen LogP contribution in [-0.2, 0) is 4.74 Å². The van der Waals surface area contributed by atoms with Crippen molar-refractivity contribution in [2.75, 3.05) is 0 Å². The molecule has 0 aliphatic carbocycles. The molecule has 1 amide bonds. The van der Waals surface area contributed by atoms with Gasteiger partial charge in [-0.1, -0.05) is 60.1 Å². The molecule has 1 fully saturated rings. The minimum Gasteiger partial charge on any atom is -0.439 e. The number of carbonyl (C=O) groups is 1. The summed E-state index contributed by atoms with van der Waals surface area (Å²) in [6.07, 6.45) is 2.60. The lowest BCUT2D eigenvalue weighted by Gasteiger charge is -2.19. The molecule has 1 aromatic heterocycles. The summed E-state index contributed by atoms with van der Waals surface area (Å²) in [7, 11) is 0. The molecule has 0 saturated carbocycles. The molecule has 25 heavy (non-hydrogen) atoms. The minimum atomic E-state index is -0.492. The maximum absolute atomic E-state index is 11.9. The quantitative estimate of drug-likeness (QED) is 0.729. The Morgan fingerprint density at radius 2 is 1.72 bits per heavy atom. The van der Waals surface area contributed by atoms with Crippen LogP contribution in [0.5, 0.6) is 0 Å². The van der Waals surface area contributed by atoms with Crippen molar-refractivity contribution in [3.63, 3.8) is 0 Å². The molecule has 0 spiro atoms. The van der Waals surface area contributed by atoms with Crippen LogP contribution in [0, 0.1) is 0 Å². The Balaban J connectivity index is 1.73. The molecule has 2 aromatic carbocycles. The van der Waals surface area contributed by atoms with Crippen molar-refractivity contribution < 1.29 is 9.53 Å². The van der Waals surface area contributed by atoms with Gasteiger partial charge in [0, 0.05) is 28.5 Å². The molecular weight excluding hydrogens is 336 g/mol. The van der Waals surface area contributed by atoms with Crippen molar-refractivity contribution in [1.29, 1.82) is 0 Å². The summed E-state index contributed by atoms with van der Waals surface area (Å²) in [5.74, 6) is 0. The summed E-state index contributed by atoms with van der Waals surface area (Å²) in [6.45, 7) is 0. The smallest absolute Gasteiger partial charge is 0.408 e. The summed E-state index contributed by atoms with van der Waals surface area (Å²) in [5.41, 5.74) is 3.70. The van der Waals surface area contributed by atoms with Gasteiger partial charge in [-0.25, -0.2) is 4.79 Å². The van der Waals surface area contributed by atoms with Crippen LogP contribution in [0.3, 0.4) is 0 Å². The summed E-state index contributed by atoms with van der Waals surface area (Å²) < 4.78 is 5.48. The molecule has 1 aliphatic rings. The highest BCUT2D eigenvalue weighted by Crippen LogP contribution is 2.39. The lowest BCUT2D eigenvalue weighted by atomic mass is 9.95. The summed E-state index contributed by atoms with van der Waals surface area (Å²) in [5, 5.41) is 3.44. The van der Waals surface area contributed by atoms with Gasteiger partial charge in [0.05, 0.1) is 0 Å². The average Bonchev–Trinajstić information content (AvgIpc) is 3.04. The number of carbonyl (C=O) groups excluding carboxylic acids is 1. The number of hydrogen-bond donors (Lipinski definition) is 1. The van der Waals surface area contributed by atoms with Crippen molar-refractivity contribution in [2.45, 2.75) is 12.1 Å². The molecule has 3 aromatic rings. The summed E-state index contributed by atoms with van der Waals surface area (Å²) >= 11 is 6.30. The fourth-order valence-corrected chi connectivity index (χ4v) is 3.29. The highest BCUT2D eigenvalue weighted by molar-refractivity contribution is 6.31. The van der Waals surface area contributed by atoms with Gasteiger partial charge in [-0.15, -0.1) is 0 Å². The van der Waals surface area contributed by atoms with Gasteiger partial charge in [-0.05, 0) is 23.3 Å². The number of aromatic nitrogens is 1. The number of ether oxygens (including phenoxy) is 1. The van der Waals surface area contributed by atoms with Crippen LogP contribution in [0.4, 0.5) is 4.79 Å². The minimum absolute atomic E-state index is 0.344. The van der Waals surface area contributed by atoms with Crippen LogP contribution in [-0.4, -0.2) is 11.1 Å². The number of cyclic esters (lactones) is 1. The molecule has 1 aliphatic heterocycles. The van der Waals surface area contributed by atoms with E-state index in [1.807, 2.05) is 54.6 Å². The van der Waals surface area contributed by atoms with Crippen molar-refractivity contribution >= 4 is 17.7 Å². The van der Waals surface area contributed by atoms with E-state index in [1.54, 1.807) is 18.5 Å². The van der Waals surface area contributed by atoms with E-state index in [2.05, 4.69) is 10.3 Å². The second-order valence-corrected chi connectivity index (χ2v) is 6.25. The molecule has 2 heterocycles. The normalized spacial score (nSPS) is 19.3. The van der Waals surface area contributed by atoms with Gasteiger partial charge < -0.3 is 10.1 Å². The van der Waals surface area contributed by atoms with Gasteiger partial charge in [0.2, 0.25) is 0 Å². The fraction of sp³-hybridized carbons (Fsp3) is 0.100. The number of rotatable bonds is 3. The predicted molar refractivity (Wildman–Crippen MR) is 96.2 cm³/mol. The summed E-state index contributed by atoms with van der Waals surface area (Å²) in [6, 6.07) is 19.0. The molecule has 5 heteroatoms. The Bertz CT molecular complexity index is 914. The molecule has 4 rings (SSSR count). The maximum atomic E-state index is 11.9. The number of halogens is 1. The Labute approximate surface area is 150 Å². The Morgan fingerprint density at radius 3 is 2.52 bits per heavy atom. The largest absolute Gasteiger partial charge is 0.439 e. The lowest BCUT2D eigenvalue weighted by Crippen LogP contribution is -2.19. The molecule has 1 N–H and O–H groups in total. The first kappa shape index (κ1) is 15.7. The van der Waals surface area contributed by atoms with Gasteiger partial charge in [-0.3, -0.25) is 4.98 Å². The average molecular weight is 351 g/mol. The van der Waals surface area contributed by atoms with Crippen molar-refractivity contribution in [2.24, 2.45) is 0 Å². The zero-order valence-corrected chi connectivity index (χ0v) is 14.0. The van der Waals surface area contributed by atoms with Crippen LogP contribution >= 0.6 is 11.6 Å². The monoisotopic (exact) mass is 350 g/mol.